The molecule has 5 nitrogen and oxygen atoms in total. The molecule has 1 unspecified atom stereocenters. The summed E-state index contributed by atoms with van der Waals surface area (Å²) >= 11 is 0. The van der Waals surface area contributed by atoms with Gasteiger partial charge in [0.25, 0.3) is 0 Å². The third-order valence-electron chi connectivity index (χ3n) is 3.04. The molecule has 1 atom stereocenters. The highest BCUT2D eigenvalue weighted by atomic mass is 16.4. The summed E-state index contributed by atoms with van der Waals surface area (Å²) in [6.07, 6.45) is 0.317. The van der Waals surface area contributed by atoms with Crippen molar-refractivity contribution in [2.24, 2.45) is 0 Å². The van der Waals surface area contributed by atoms with Crippen LogP contribution in [0.1, 0.15) is 12.0 Å². The van der Waals surface area contributed by atoms with Gasteiger partial charge in [0.05, 0.1) is 0 Å². The first kappa shape index (κ1) is 12.4. The number of hydrogen-bond acceptors (Lipinski definition) is 3. The highest BCUT2D eigenvalue weighted by molar-refractivity contribution is 5.85. The van der Waals surface area contributed by atoms with Crippen LogP contribution < -0.4 is 10.2 Å². The highest BCUT2D eigenvalue weighted by Crippen LogP contribution is 2.17. The van der Waals surface area contributed by atoms with Crippen LogP contribution in [-0.4, -0.2) is 36.1 Å². The van der Waals surface area contributed by atoms with Crippen molar-refractivity contribution in [2.75, 3.05) is 18.0 Å². The lowest BCUT2D eigenvalue weighted by molar-refractivity contribution is -0.141. The molecule has 1 aromatic rings. The monoisotopic (exact) mass is 248 g/mol. The summed E-state index contributed by atoms with van der Waals surface area (Å²) in [4.78, 5) is 24.4. The smallest absolute Gasteiger partial charge is 0.328 e. The highest BCUT2D eigenvalue weighted by Gasteiger charge is 2.26. The van der Waals surface area contributed by atoms with Gasteiger partial charge in [-0.25, -0.2) is 4.79 Å². The molecule has 0 saturated carbocycles. The Morgan fingerprint density at radius 3 is 2.67 bits per heavy atom. The Balaban J connectivity index is 2.19. The molecule has 1 heterocycles. The zero-order valence-electron chi connectivity index (χ0n) is 10.2. The molecule has 1 fully saturated rings. The zero-order chi connectivity index (χ0) is 13.1. The van der Waals surface area contributed by atoms with Gasteiger partial charge < -0.3 is 15.3 Å². The van der Waals surface area contributed by atoms with E-state index < -0.39 is 12.0 Å². The first-order valence-electron chi connectivity index (χ1n) is 5.90. The minimum Gasteiger partial charge on any atom is -0.480 e. The summed E-state index contributed by atoms with van der Waals surface area (Å²) in [5.74, 6) is -1.21. The van der Waals surface area contributed by atoms with Crippen LogP contribution in [0.25, 0.3) is 0 Å². The number of nitrogens with one attached hydrogen (secondary N) is 1. The number of aliphatic carboxylic acids is 1. The number of nitrogens with zero attached hydrogens (tertiary/aromatic N) is 1. The van der Waals surface area contributed by atoms with Crippen molar-refractivity contribution in [3.63, 3.8) is 0 Å². The van der Waals surface area contributed by atoms with Crippen LogP contribution in [0, 0.1) is 6.92 Å². The normalized spacial score (nSPS) is 20.2. The van der Waals surface area contributed by atoms with Crippen LogP contribution in [0.4, 0.5) is 5.69 Å². The summed E-state index contributed by atoms with van der Waals surface area (Å²) in [7, 11) is 0. The van der Waals surface area contributed by atoms with Gasteiger partial charge in [-0.1, -0.05) is 17.7 Å². The Bertz CT molecular complexity index is 456. The average Bonchev–Trinajstić information content (AvgIpc) is 2.52. The van der Waals surface area contributed by atoms with Gasteiger partial charge in [0.15, 0.2) is 0 Å². The molecule has 1 aromatic carbocycles. The van der Waals surface area contributed by atoms with Gasteiger partial charge >= 0.3 is 5.97 Å². The molecule has 96 valence electrons. The van der Waals surface area contributed by atoms with Crippen LogP contribution >= 0.6 is 0 Å². The van der Waals surface area contributed by atoms with Crippen molar-refractivity contribution >= 4 is 17.6 Å². The third-order valence-corrected chi connectivity index (χ3v) is 3.04. The number of carboxylic acids is 1. The van der Waals surface area contributed by atoms with E-state index in [0.29, 0.717) is 19.5 Å². The Labute approximate surface area is 105 Å². The molecule has 2 rings (SSSR count). The van der Waals surface area contributed by atoms with Gasteiger partial charge in [-0.15, -0.1) is 0 Å². The van der Waals surface area contributed by atoms with Crippen LogP contribution in [0.2, 0.25) is 0 Å². The quantitative estimate of drug-likeness (QED) is 0.811. The lowest BCUT2D eigenvalue weighted by Crippen LogP contribution is -2.45. The van der Waals surface area contributed by atoms with E-state index in [9.17, 15) is 9.59 Å². The topological polar surface area (TPSA) is 69.6 Å². The lowest BCUT2D eigenvalue weighted by atomic mass is 10.2. The van der Waals surface area contributed by atoms with Crippen molar-refractivity contribution in [3.8, 4) is 0 Å². The number of amides is 1. The van der Waals surface area contributed by atoms with E-state index in [1.54, 1.807) is 0 Å². The maximum atomic E-state index is 11.4. The van der Waals surface area contributed by atoms with E-state index in [0.717, 1.165) is 11.3 Å². The van der Waals surface area contributed by atoms with E-state index in [2.05, 4.69) is 5.32 Å². The van der Waals surface area contributed by atoms with Crippen LogP contribution in [0.3, 0.4) is 0 Å². The predicted molar refractivity (Wildman–Crippen MR) is 67.6 cm³/mol. The number of carbonyl (C=O) groups is 2. The van der Waals surface area contributed by atoms with Crippen molar-refractivity contribution in [1.82, 2.24) is 5.32 Å². The summed E-state index contributed by atoms with van der Waals surface area (Å²) in [6, 6.07) is 7.01. The van der Waals surface area contributed by atoms with E-state index >= 15 is 0 Å². The molecule has 0 spiro atoms. The number of rotatable bonds is 2. The number of hydrogen-bond donors (Lipinski definition) is 2. The van der Waals surface area contributed by atoms with Crippen LogP contribution in [0.15, 0.2) is 24.3 Å². The van der Waals surface area contributed by atoms with Gasteiger partial charge in [-0.05, 0) is 19.1 Å². The maximum absolute atomic E-state index is 11.4. The first-order chi connectivity index (χ1) is 8.56. The molecule has 0 aliphatic carbocycles. The molecule has 18 heavy (non-hydrogen) atoms. The van der Waals surface area contributed by atoms with Crippen molar-refractivity contribution in [1.29, 1.82) is 0 Å². The Kier molecular flexibility index (Phi) is 3.50. The second-order valence-corrected chi connectivity index (χ2v) is 4.49. The largest absolute Gasteiger partial charge is 0.480 e. The van der Waals surface area contributed by atoms with E-state index in [1.165, 1.54) is 0 Å². The van der Waals surface area contributed by atoms with Gasteiger partial charge in [0.1, 0.15) is 6.04 Å². The van der Waals surface area contributed by atoms with E-state index in [4.69, 9.17) is 5.11 Å². The van der Waals surface area contributed by atoms with Gasteiger partial charge in [0.2, 0.25) is 5.91 Å². The molecule has 1 aliphatic heterocycles. The molecular weight excluding hydrogens is 232 g/mol. The average molecular weight is 248 g/mol. The van der Waals surface area contributed by atoms with Gasteiger partial charge in [-0.3, -0.25) is 4.79 Å². The van der Waals surface area contributed by atoms with Crippen molar-refractivity contribution < 1.29 is 14.7 Å². The van der Waals surface area contributed by atoms with Crippen LogP contribution in [-0.2, 0) is 9.59 Å². The summed E-state index contributed by atoms with van der Waals surface area (Å²) in [5.41, 5.74) is 2.10. The molecule has 0 aromatic heterocycles. The molecule has 0 radical (unpaired) electrons. The number of aryl methyl sites for hydroxylation is 1. The summed E-state index contributed by atoms with van der Waals surface area (Å²) in [5, 5.41) is 11.6. The minimum absolute atomic E-state index is 0.211. The fourth-order valence-electron chi connectivity index (χ4n) is 1.99. The number of anilines is 1. The molecule has 2 N–H and O–H groups in total. The fourth-order valence-corrected chi connectivity index (χ4v) is 1.99. The minimum atomic E-state index is -0.998. The second-order valence-electron chi connectivity index (χ2n) is 4.49. The molecule has 1 aliphatic rings. The zero-order valence-corrected chi connectivity index (χ0v) is 10.2. The van der Waals surface area contributed by atoms with Gasteiger partial charge in [0, 0.05) is 25.2 Å². The number of carbonyl (C=O) groups excluding carboxylic acids is 1. The van der Waals surface area contributed by atoms with E-state index in [1.807, 2.05) is 36.1 Å². The number of carboxylic acid groups (broad SMARTS) is 1. The maximum Gasteiger partial charge on any atom is 0.328 e. The lowest BCUT2D eigenvalue weighted by Gasteiger charge is -2.24. The Hall–Kier alpha value is -2.04. The fraction of sp³-hybridized carbons (Fsp3) is 0.385. The second kappa shape index (κ2) is 5.08. The van der Waals surface area contributed by atoms with Gasteiger partial charge in [-0.2, -0.15) is 0 Å². The van der Waals surface area contributed by atoms with Crippen molar-refractivity contribution in [2.45, 2.75) is 19.4 Å². The molecule has 1 saturated heterocycles. The molecular formula is C13H16N2O3. The summed E-state index contributed by atoms with van der Waals surface area (Å²) in [6.45, 7) is 2.83. The summed E-state index contributed by atoms with van der Waals surface area (Å²) < 4.78 is 0. The number of benzene rings is 1. The molecule has 1 amide bonds. The predicted octanol–water partition coefficient (Wildman–Crippen LogP) is 0.775. The third kappa shape index (κ3) is 2.80. The SMILES string of the molecule is Cc1ccc(N2CCC(=O)NC(C(=O)O)C2)cc1. The molecule has 5 heteroatoms. The van der Waals surface area contributed by atoms with Crippen molar-refractivity contribution in [3.05, 3.63) is 29.8 Å². The van der Waals surface area contributed by atoms with E-state index in [-0.39, 0.29) is 5.91 Å². The standard InChI is InChI=1S/C13H16N2O3/c1-9-2-4-10(5-3-9)15-7-6-12(16)14-11(8-15)13(17)18/h2-5,11H,6-8H2,1H3,(H,14,16)(H,17,18). The first-order valence-corrected chi connectivity index (χ1v) is 5.90. The van der Waals surface area contributed by atoms with Crippen LogP contribution in [0.5, 0.6) is 0 Å². The Morgan fingerprint density at radius 2 is 2.06 bits per heavy atom. The molecule has 0 bridgehead atoms. The Morgan fingerprint density at radius 1 is 1.39 bits per heavy atom.